The van der Waals surface area contributed by atoms with E-state index in [0.717, 1.165) is 22.3 Å². The maximum absolute atomic E-state index is 6.22. The van der Waals surface area contributed by atoms with Crippen LogP contribution in [0.15, 0.2) is 60.7 Å². The third-order valence-electron chi connectivity index (χ3n) is 4.15. The van der Waals surface area contributed by atoms with E-state index in [1.807, 2.05) is 41.7 Å². The zero-order valence-electron chi connectivity index (χ0n) is 16.5. The molecule has 0 aliphatic heterocycles. The molecule has 150 valence electrons. The molecule has 0 radical (unpaired) electrons. The highest BCUT2D eigenvalue weighted by Crippen LogP contribution is 2.44. The van der Waals surface area contributed by atoms with Crippen LogP contribution in [0.25, 0.3) is 10.9 Å². The number of hydrogen-bond donors (Lipinski definition) is 0. The molecule has 0 aliphatic rings. The zero-order chi connectivity index (χ0) is 18.9. The monoisotopic (exact) mass is 433 g/mol. The van der Waals surface area contributed by atoms with Gasteiger partial charge in [0.25, 0.3) is 0 Å². The lowest BCUT2D eigenvalue weighted by molar-refractivity contribution is 0.299. The topological polar surface area (TPSA) is 22.1 Å². The first-order valence-electron chi connectivity index (χ1n) is 9.61. The molecule has 0 fully saturated rings. The van der Waals surface area contributed by atoms with Crippen LogP contribution in [0, 0.1) is 0 Å². The minimum Gasteiger partial charge on any atom is -0.487 e. The van der Waals surface area contributed by atoms with E-state index in [9.17, 15) is 0 Å². The molecule has 0 amide bonds. The fraction of sp³-hybridized carbons (Fsp3) is 0.348. The van der Waals surface area contributed by atoms with Crippen molar-refractivity contribution in [2.45, 2.75) is 37.9 Å². The van der Waals surface area contributed by atoms with Gasteiger partial charge in [-0.2, -0.15) is 0 Å². The van der Waals surface area contributed by atoms with E-state index in [-0.39, 0.29) is 12.4 Å². The molecular weight excluding hydrogens is 406 g/mol. The molecule has 0 spiro atoms. The van der Waals surface area contributed by atoms with Crippen molar-refractivity contribution in [2.24, 2.45) is 0 Å². The number of thioether (sulfide) groups is 2. The second-order valence-electron chi connectivity index (χ2n) is 6.40. The molecule has 0 atom stereocenters. The third kappa shape index (κ3) is 6.33. The molecule has 0 unspecified atom stereocenters. The summed E-state index contributed by atoms with van der Waals surface area (Å²) in [6.45, 7) is 4.97. The number of fused-ring (bicyclic) bond motifs is 1. The van der Waals surface area contributed by atoms with Gasteiger partial charge in [0.05, 0.1) is 15.8 Å². The van der Waals surface area contributed by atoms with Gasteiger partial charge < -0.3 is 4.74 Å². The predicted molar refractivity (Wildman–Crippen MR) is 128 cm³/mol. The van der Waals surface area contributed by atoms with Crippen LogP contribution >= 0.6 is 35.9 Å². The third-order valence-corrected chi connectivity index (χ3v) is 7.37. The molecular formula is C23H28ClNOS2. The van der Waals surface area contributed by atoms with Crippen LogP contribution in [-0.4, -0.2) is 16.5 Å². The number of pyridine rings is 1. The molecule has 2 nitrogen and oxygen atoms in total. The smallest absolute Gasteiger partial charge is 0.130 e. The van der Waals surface area contributed by atoms with Gasteiger partial charge in [-0.3, -0.25) is 0 Å². The Morgan fingerprint density at radius 3 is 2.29 bits per heavy atom. The van der Waals surface area contributed by atoms with Crippen molar-refractivity contribution < 1.29 is 4.74 Å². The molecule has 3 rings (SSSR count). The van der Waals surface area contributed by atoms with E-state index in [2.05, 4.69) is 56.3 Å². The van der Waals surface area contributed by atoms with Crippen molar-refractivity contribution in [3.63, 3.8) is 0 Å². The Morgan fingerprint density at radius 1 is 0.857 bits per heavy atom. The molecule has 0 saturated heterocycles. The van der Waals surface area contributed by atoms with Crippen LogP contribution in [0.5, 0.6) is 5.75 Å². The highest BCUT2D eigenvalue weighted by Gasteiger charge is 2.17. The average Bonchev–Trinajstić information content (AvgIpc) is 2.72. The van der Waals surface area contributed by atoms with Crippen LogP contribution in [0.1, 0.15) is 42.5 Å². The van der Waals surface area contributed by atoms with Gasteiger partial charge in [-0.15, -0.1) is 35.9 Å². The number of halogens is 1. The van der Waals surface area contributed by atoms with Gasteiger partial charge in [0.2, 0.25) is 0 Å². The van der Waals surface area contributed by atoms with Crippen molar-refractivity contribution in [2.75, 3.05) is 11.5 Å². The number of hydrogen-bond acceptors (Lipinski definition) is 4. The normalized spacial score (nSPS) is 10.8. The number of nitrogens with zero attached hydrogens (tertiary/aromatic N) is 1. The number of ether oxygens (including phenoxy) is 1. The SMILES string of the molecule is CCCSC(SCCC)c1ccccc1OCc1ccc2ccccc2n1.Cl. The fourth-order valence-corrected chi connectivity index (χ4v) is 5.43. The number of para-hydroxylation sites is 2. The summed E-state index contributed by atoms with van der Waals surface area (Å²) >= 11 is 4.04. The standard InChI is InChI=1S/C23H27NOS2.ClH/c1-3-15-26-23(27-16-4-2)20-10-6-8-12-22(20)25-17-19-14-13-18-9-5-7-11-21(18)24-19;/h5-14,23H,3-4,15-17H2,1-2H3;1H. The Hall–Kier alpha value is -1.36. The molecule has 0 bridgehead atoms. The maximum atomic E-state index is 6.22. The number of rotatable bonds is 10. The van der Waals surface area contributed by atoms with Gasteiger partial charge in [0.1, 0.15) is 12.4 Å². The van der Waals surface area contributed by atoms with Gasteiger partial charge in [-0.1, -0.05) is 56.3 Å². The van der Waals surface area contributed by atoms with E-state index in [1.54, 1.807) is 0 Å². The fourth-order valence-electron chi connectivity index (χ4n) is 2.82. The van der Waals surface area contributed by atoms with Crippen LogP contribution < -0.4 is 4.74 Å². The van der Waals surface area contributed by atoms with Crippen LogP contribution in [0.3, 0.4) is 0 Å². The summed E-state index contributed by atoms with van der Waals surface area (Å²) in [6.07, 6.45) is 2.38. The average molecular weight is 434 g/mol. The molecule has 1 aromatic heterocycles. The number of aromatic nitrogens is 1. The van der Waals surface area contributed by atoms with Gasteiger partial charge in [0, 0.05) is 10.9 Å². The second-order valence-corrected chi connectivity index (χ2v) is 9.12. The Labute approximate surface area is 183 Å². The van der Waals surface area contributed by atoms with Gasteiger partial charge in [-0.25, -0.2) is 4.98 Å². The van der Waals surface area contributed by atoms with E-state index < -0.39 is 0 Å². The highest BCUT2D eigenvalue weighted by molar-refractivity contribution is 8.16. The molecule has 0 aliphatic carbocycles. The Balaban J connectivity index is 0.00000280. The van der Waals surface area contributed by atoms with Crippen molar-refractivity contribution in [1.82, 2.24) is 4.98 Å². The summed E-state index contributed by atoms with van der Waals surface area (Å²) < 4.78 is 6.65. The summed E-state index contributed by atoms with van der Waals surface area (Å²) in [7, 11) is 0. The lowest BCUT2D eigenvalue weighted by Crippen LogP contribution is -2.02. The van der Waals surface area contributed by atoms with Gasteiger partial charge in [-0.05, 0) is 42.5 Å². The van der Waals surface area contributed by atoms with E-state index >= 15 is 0 Å². The Morgan fingerprint density at radius 2 is 1.54 bits per heavy atom. The number of benzene rings is 2. The zero-order valence-corrected chi connectivity index (χ0v) is 18.9. The highest BCUT2D eigenvalue weighted by atomic mass is 35.5. The van der Waals surface area contributed by atoms with Crippen LogP contribution in [0.4, 0.5) is 0 Å². The quantitative estimate of drug-likeness (QED) is 0.308. The molecule has 5 heteroatoms. The first-order valence-corrected chi connectivity index (χ1v) is 11.7. The minimum atomic E-state index is 0. The summed E-state index contributed by atoms with van der Waals surface area (Å²) in [5.41, 5.74) is 3.26. The first kappa shape index (κ1) is 22.9. The molecule has 28 heavy (non-hydrogen) atoms. The molecule has 0 N–H and O–H groups in total. The van der Waals surface area contributed by atoms with Crippen molar-refractivity contribution >= 4 is 46.8 Å². The Bertz CT molecular complexity index is 851. The van der Waals surface area contributed by atoms with Crippen molar-refractivity contribution in [3.8, 4) is 5.75 Å². The lowest BCUT2D eigenvalue weighted by Gasteiger charge is -2.20. The second kappa shape index (κ2) is 12.3. The first-order chi connectivity index (χ1) is 13.3. The summed E-state index contributed by atoms with van der Waals surface area (Å²) in [5, 5.41) is 1.16. The summed E-state index contributed by atoms with van der Waals surface area (Å²) in [6, 6.07) is 20.8. The van der Waals surface area contributed by atoms with E-state index in [1.165, 1.54) is 29.9 Å². The largest absolute Gasteiger partial charge is 0.487 e. The van der Waals surface area contributed by atoms with Crippen LogP contribution in [-0.2, 0) is 6.61 Å². The maximum Gasteiger partial charge on any atom is 0.130 e. The molecule has 3 aromatic rings. The minimum absolute atomic E-state index is 0. The van der Waals surface area contributed by atoms with Crippen molar-refractivity contribution in [1.29, 1.82) is 0 Å². The van der Waals surface area contributed by atoms with Crippen LogP contribution in [0.2, 0.25) is 0 Å². The van der Waals surface area contributed by atoms with E-state index in [0.29, 0.717) is 11.2 Å². The predicted octanol–water partition coefficient (Wildman–Crippen LogP) is 7.52. The summed E-state index contributed by atoms with van der Waals surface area (Å²) in [5.74, 6) is 3.31. The van der Waals surface area contributed by atoms with Gasteiger partial charge in [0.15, 0.2) is 0 Å². The summed E-state index contributed by atoms with van der Waals surface area (Å²) in [4.78, 5) is 4.73. The molecule has 1 heterocycles. The van der Waals surface area contributed by atoms with E-state index in [4.69, 9.17) is 9.72 Å². The molecule has 0 saturated carbocycles. The lowest BCUT2D eigenvalue weighted by atomic mass is 10.2. The van der Waals surface area contributed by atoms with Crippen molar-refractivity contribution in [3.05, 3.63) is 71.9 Å². The van der Waals surface area contributed by atoms with Gasteiger partial charge >= 0.3 is 0 Å². The molecule has 2 aromatic carbocycles. The Kier molecular flexibility index (Phi) is 10.0.